The molecule has 0 saturated carbocycles. The lowest BCUT2D eigenvalue weighted by Gasteiger charge is -2.26. The molecule has 0 spiro atoms. The zero-order valence-electron chi connectivity index (χ0n) is 16.6. The highest BCUT2D eigenvalue weighted by molar-refractivity contribution is 6.35. The van der Waals surface area contributed by atoms with Crippen LogP contribution in [0.15, 0.2) is 75.8 Å². The molecule has 0 bridgehead atoms. The number of aliphatic imine (C=N–C) groups is 1. The molecule has 0 fully saturated rings. The zero-order chi connectivity index (χ0) is 22.1. The first-order chi connectivity index (χ1) is 14.9. The third kappa shape index (κ3) is 3.85. The van der Waals surface area contributed by atoms with Crippen molar-refractivity contribution in [3.8, 4) is 5.69 Å². The first-order valence-corrected chi connectivity index (χ1v) is 9.94. The Labute approximate surface area is 182 Å². The topological polar surface area (TPSA) is 122 Å². The van der Waals surface area contributed by atoms with Gasteiger partial charge in [0.2, 0.25) is 0 Å². The molecule has 1 aromatic heterocycles. The van der Waals surface area contributed by atoms with Crippen molar-refractivity contribution in [3.05, 3.63) is 87.1 Å². The molecule has 2 aromatic carbocycles. The monoisotopic (exact) mass is 437 g/mol. The Morgan fingerprint density at radius 1 is 1.26 bits per heavy atom. The van der Waals surface area contributed by atoms with Crippen LogP contribution in [0.2, 0.25) is 5.02 Å². The normalized spacial score (nSPS) is 14.7. The Balaban J connectivity index is 1.88. The van der Waals surface area contributed by atoms with Crippen molar-refractivity contribution in [3.63, 3.8) is 0 Å². The fraction of sp³-hybridized carbons (Fsp3) is 0.136. The van der Waals surface area contributed by atoms with Crippen LogP contribution >= 0.6 is 11.6 Å². The number of carbonyl (C=O) groups is 1. The summed E-state index contributed by atoms with van der Waals surface area (Å²) >= 11 is 6.34. The number of nitrogens with two attached hydrogens (primary N) is 1. The predicted molar refractivity (Wildman–Crippen MR) is 120 cm³/mol. The number of fused-ring (bicyclic) bond motifs is 1. The molecule has 5 N–H and O–H groups in total. The summed E-state index contributed by atoms with van der Waals surface area (Å²) in [4.78, 5) is 29.0. The molecule has 1 atom stereocenters. The van der Waals surface area contributed by atoms with Gasteiger partial charge in [-0.05, 0) is 36.6 Å². The van der Waals surface area contributed by atoms with Gasteiger partial charge in [0.25, 0.3) is 5.56 Å². The Morgan fingerprint density at radius 2 is 2.00 bits per heavy atom. The number of guanidine groups is 1. The second kappa shape index (κ2) is 8.16. The number of carboxylic acids is 1. The average molecular weight is 438 g/mol. The third-order valence-electron chi connectivity index (χ3n) is 5.06. The van der Waals surface area contributed by atoms with E-state index in [9.17, 15) is 14.7 Å². The number of carboxylic acid groups (broad SMARTS) is 1. The average Bonchev–Trinajstić information content (AvgIpc) is 2.74. The molecule has 31 heavy (non-hydrogen) atoms. The summed E-state index contributed by atoms with van der Waals surface area (Å²) in [6.07, 6.45) is 0. The van der Waals surface area contributed by atoms with Crippen LogP contribution in [-0.4, -0.2) is 28.1 Å². The van der Waals surface area contributed by atoms with Gasteiger partial charge in [-0.3, -0.25) is 9.36 Å². The highest BCUT2D eigenvalue weighted by Crippen LogP contribution is 2.26. The molecule has 0 unspecified atom stereocenters. The van der Waals surface area contributed by atoms with Gasteiger partial charge in [-0.25, -0.2) is 9.79 Å². The summed E-state index contributed by atoms with van der Waals surface area (Å²) < 4.78 is 1.58. The van der Waals surface area contributed by atoms with Crippen molar-refractivity contribution in [2.75, 3.05) is 6.54 Å². The predicted octanol–water partition coefficient (Wildman–Crippen LogP) is 2.51. The highest BCUT2D eigenvalue weighted by atomic mass is 35.5. The number of hydrogen-bond acceptors (Lipinski definition) is 6. The number of nitrogens with one attached hydrogen (secondary N) is 2. The van der Waals surface area contributed by atoms with E-state index >= 15 is 0 Å². The van der Waals surface area contributed by atoms with E-state index in [-0.39, 0.29) is 29.5 Å². The summed E-state index contributed by atoms with van der Waals surface area (Å²) in [5, 5.41) is 16.9. The number of nitrogens with zero attached hydrogens (tertiary/aromatic N) is 2. The van der Waals surface area contributed by atoms with Gasteiger partial charge in [0, 0.05) is 11.4 Å². The van der Waals surface area contributed by atoms with Crippen molar-refractivity contribution in [2.45, 2.75) is 13.0 Å². The first kappa shape index (κ1) is 20.5. The lowest BCUT2D eigenvalue weighted by molar-refractivity contribution is -0.132. The van der Waals surface area contributed by atoms with Crippen molar-refractivity contribution < 1.29 is 9.90 Å². The second-order valence-electron chi connectivity index (χ2n) is 7.10. The Hall–Kier alpha value is -3.78. The standard InChI is InChI=1S/C22H20ClN5O3/c1-12(26-19-15(21(30)31)11-25-22(24)27-19)17-10-13-6-5-9-16(23)18(13)20(29)28(17)14-7-3-2-4-8-14/h2-10,12,26H,11H2,1H3,(H,30,31)(H3,24,25,27)/t12-/m0/s1. The first-order valence-electron chi connectivity index (χ1n) is 9.56. The quantitative estimate of drug-likeness (QED) is 0.486. The number of benzene rings is 2. The lowest BCUT2D eigenvalue weighted by atomic mass is 10.1. The minimum Gasteiger partial charge on any atom is -0.478 e. The van der Waals surface area contributed by atoms with Crippen LogP contribution < -0.4 is 21.9 Å². The molecular formula is C22H20ClN5O3. The number of rotatable bonds is 5. The van der Waals surface area contributed by atoms with Gasteiger partial charge >= 0.3 is 5.97 Å². The van der Waals surface area contributed by atoms with E-state index in [0.717, 1.165) is 0 Å². The van der Waals surface area contributed by atoms with E-state index in [2.05, 4.69) is 15.6 Å². The van der Waals surface area contributed by atoms with E-state index in [1.807, 2.05) is 49.4 Å². The van der Waals surface area contributed by atoms with E-state index in [0.29, 0.717) is 27.2 Å². The number of aromatic nitrogens is 1. The van der Waals surface area contributed by atoms with Gasteiger partial charge in [0.1, 0.15) is 5.82 Å². The van der Waals surface area contributed by atoms with Crippen molar-refractivity contribution in [1.82, 2.24) is 15.2 Å². The molecule has 0 amide bonds. The number of hydrogen-bond donors (Lipinski definition) is 4. The molecule has 158 valence electrons. The van der Waals surface area contributed by atoms with Crippen LogP contribution in [-0.2, 0) is 4.79 Å². The van der Waals surface area contributed by atoms with Gasteiger partial charge in [-0.1, -0.05) is 41.9 Å². The van der Waals surface area contributed by atoms with E-state index in [1.54, 1.807) is 16.7 Å². The molecule has 4 rings (SSSR count). The summed E-state index contributed by atoms with van der Waals surface area (Å²) in [6, 6.07) is 15.9. The van der Waals surface area contributed by atoms with Crippen LogP contribution in [0.5, 0.6) is 0 Å². The highest BCUT2D eigenvalue weighted by Gasteiger charge is 2.23. The summed E-state index contributed by atoms with van der Waals surface area (Å²) in [7, 11) is 0. The Kier molecular flexibility index (Phi) is 5.39. The summed E-state index contributed by atoms with van der Waals surface area (Å²) in [6.45, 7) is 1.78. The number of aliphatic carboxylic acids is 1. The molecule has 8 nitrogen and oxygen atoms in total. The minimum absolute atomic E-state index is 0.0535. The summed E-state index contributed by atoms with van der Waals surface area (Å²) in [5.74, 6) is -0.750. The van der Waals surface area contributed by atoms with Crippen molar-refractivity contribution in [1.29, 1.82) is 0 Å². The molecule has 9 heteroatoms. The van der Waals surface area contributed by atoms with E-state index in [4.69, 9.17) is 17.3 Å². The van der Waals surface area contributed by atoms with Crippen LogP contribution in [0.3, 0.4) is 0 Å². The molecule has 0 radical (unpaired) electrons. The molecule has 0 aliphatic carbocycles. The number of halogens is 1. The molecule has 0 saturated heterocycles. The van der Waals surface area contributed by atoms with Crippen LogP contribution in [0, 0.1) is 0 Å². The SMILES string of the molecule is C[C@H](NC1=C(C(=O)O)CN=C(N)N1)c1cc2cccc(Cl)c2c(=O)n1-c1ccccc1. The van der Waals surface area contributed by atoms with Crippen LogP contribution in [0.1, 0.15) is 18.7 Å². The number of pyridine rings is 1. The maximum atomic E-state index is 13.5. The smallest absolute Gasteiger partial charge is 0.337 e. The van der Waals surface area contributed by atoms with Crippen molar-refractivity contribution >= 4 is 34.3 Å². The lowest BCUT2D eigenvalue weighted by Crippen LogP contribution is -2.43. The van der Waals surface area contributed by atoms with Crippen LogP contribution in [0.25, 0.3) is 16.5 Å². The summed E-state index contributed by atoms with van der Waals surface area (Å²) in [5.41, 5.74) is 6.83. The molecule has 3 aromatic rings. The second-order valence-corrected chi connectivity index (χ2v) is 7.51. The molecule has 2 heterocycles. The van der Waals surface area contributed by atoms with Crippen molar-refractivity contribution in [2.24, 2.45) is 10.7 Å². The van der Waals surface area contributed by atoms with Crippen LogP contribution in [0.4, 0.5) is 0 Å². The van der Waals surface area contributed by atoms with Gasteiger partial charge in [-0.2, -0.15) is 0 Å². The van der Waals surface area contributed by atoms with E-state index < -0.39 is 12.0 Å². The maximum Gasteiger partial charge on any atom is 0.337 e. The minimum atomic E-state index is -1.11. The van der Waals surface area contributed by atoms with Gasteiger partial charge in [-0.15, -0.1) is 0 Å². The van der Waals surface area contributed by atoms with Gasteiger partial charge in [0.15, 0.2) is 5.96 Å². The molecule has 1 aliphatic rings. The third-order valence-corrected chi connectivity index (χ3v) is 5.38. The van der Waals surface area contributed by atoms with Gasteiger partial charge in [0.05, 0.1) is 28.6 Å². The van der Waals surface area contributed by atoms with Gasteiger partial charge < -0.3 is 21.5 Å². The largest absolute Gasteiger partial charge is 0.478 e. The molecule has 1 aliphatic heterocycles. The Morgan fingerprint density at radius 3 is 2.71 bits per heavy atom. The fourth-order valence-corrected chi connectivity index (χ4v) is 3.84. The number of para-hydroxylation sites is 1. The molecular weight excluding hydrogens is 418 g/mol. The Bertz CT molecular complexity index is 1300. The maximum absolute atomic E-state index is 13.5. The van der Waals surface area contributed by atoms with E-state index in [1.165, 1.54) is 0 Å². The zero-order valence-corrected chi connectivity index (χ0v) is 17.3. The fourth-order valence-electron chi connectivity index (χ4n) is 3.58.